The minimum atomic E-state index is -0.413. The number of hydrogen-bond donors (Lipinski definition) is 0. The first-order valence-electron chi connectivity index (χ1n) is 11.1. The quantitative estimate of drug-likeness (QED) is 0.602. The van der Waals surface area contributed by atoms with Gasteiger partial charge >= 0.3 is 0 Å². The average molecular weight is 433 g/mol. The molecule has 5 nitrogen and oxygen atoms in total. The van der Waals surface area contributed by atoms with Gasteiger partial charge in [0.15, 0.2) is 5.78 Å². The molecule has 1 saturated carbocycles. The Hall–Kier alpha value is -2.57. The van der Waals surface area contributed by atoms with Crippen LogP contribution >= 0.6 is 11.3 Å². The van der Waals surface area contributed by atoms with Crippen molar-refractivity contribution in [2.24, 2.45) is 5.92 Å². The van der Waals surface area contributed by atoms with Gasteiger partial charge in [-0.05, 0) is 67.0 Å². The van der Waals surface area contributed by atoms with Crippen LogP contribution in [0, 0.1) is 5.92 Å². The van der Waals surface area contributed by atoms with Gasteiger partial charge in [0.1, 0.15) is 5.60 Å². The molecule has 1 aromatic heterocycles. The molecule has 3 fully saturated rings. The average Bonchev–Trinajstić information content (AvgIpc) is 3.31. The van der Waals surface area contributed by atoms with E-state index in [9.17, 15) is 9.59 Å². The van der Waals surface area contributed by atoms with Gasteiger partial charge in [-0.15, -0.1) is 11.3 Å². The normalized spacial score (nSPS) is 23.0. The van der Waals surface area contributed by atoms with Crippen molar-refractivity contribution in [2.45, 2.75) is 43.8 Å². The van der Waals surface area contributed by atoms with Crippen molar-refractivity contribution in [3.8, 4) is 11.1 Å². The van der Waals surface area contributed by atoms with Crippen LogP contribution in [0.4, 0.5) is 0 Å². The summed E-state index contributed by atoms with van der Waals surface area (Å²) >= 11 is 1.64. The van der Waals surface area contributed by atoms with E-state index in [-0.39, 0.29) is 12.0 Å². The van der Waals surface area contributed by atoms with Crippen LogP contribution in [0.1, 0.15) is 42.5 Å². The summed E-state index contributed by atoms with van der Waals surface area (Å²) in [6, 6.07) is 14.2. The molecule has 1 amide bonds. The zero-order chi connectivity index (χ0) is 21.0. The Morgan fingerprint density at radius 3 is 2.52 bits per heavy atom. The highest BCUT2D eigenvalue weighted by atomic mass is 32.1. The summed E-state index contributed by atoms with van der Waals surface area (Å²) < 4.78 is 7.28. The number of benzene rings is 2. The van der Waals surface area contributed by atoms with Crippen molar-refractivity contribution in [2.75, 3.05) is 13.1 Å². The highest BCUT2D eigenvalue weighted by Gasteiger charge is 2.58. The second-order valence-electron chi connectivity index (χ2n) is 9.02. The molecule has 3 heterocycles. The summed E-state index contributed by atoms with van der Waals surface area (Å²) in [5.41, 5.74) is 5.43. The molecule has 1 atom stereocenters. The first-order valence-corrected chi connectivity index (χ1v) is 11.9. The Balaban J connectivity index is 1.10. The lowest BCUT2D eigenvalue weighted by Gasteiger charge is -2.34. The van der Waals surface area contributed by atoms with Gasteiger partial charge in [-0.3, -0.25) is 9.59 Å². The topological polar surface area (TPSA) is 59.5 Å². The molecule has 1 aliphatic carbocycles. The minimum Gasteiger partial charge on any atom is -0.363 e. The lowest BCUT2D eigenvalue weighted by molar-refractivity contribution is -0.124. The standard InChI is InChI=1S/C25H24N2O3S/c28-23-14-21(30-25(23)9-10-25)17-7-11-27(12-8-17)24(29)18-3-1-16(2-4-18)19-5-6-20-22(13-19)31-15-26-20/h1-6,13,15,17,21H,7-12,14H2/t21-/m0/s1. The van der Waals surface area contributed by atoms with Crippen LogP contribution in [-0.2, 0) is 9.53 Å². The number of thiazole rings is 1. The molecule has 3 aliphatic rings. The van der Waals surface area contributed by atoms with E-state index < -0.39 is 5.60 Å². The monoisotopic (exact) mass is 432 g/mol. The number of amides is 1. The Kier molecular flexibility index (Phi) is 4.47. The summed E-state index contributed by atoms with van der Waals surface area (Å²) in [7, 11) is 0. The minimum absolute atomic E-state index is 0.0578. The summed E-state index contributed by atoms with van der Waals surface area (Å²) in [5, 5.41) is 0. The number of ketones is 1. The SMILES string of the molecule is O=C(c1ccc(-c2ccc3ncsc3c2)cc1)N1CCC([C@@H]2CC(=O)C3(CC3)O2)CC1. The maximum absolute atomic E-state index is 13.0. The number of fused-ring (bicyclic) bond motifs is 1. The van der Waals surface area contributed by atoms with Crippen molar-refractivity contribution >= 4 is 33.2 Å². The van der Waals surface area contributed by atoms with Gasteiger partial charge in [0, 0.05) is 25.1 Å². The molecule has 0 radical (unpaired) electrons. The van der Waals surface area contributed by atoms with Crippen LogP contribution in [0.25, 0.3) is 21.3 Å². The number of ether oxygens (including phenoxy) is 1. The Bertz CT molecular complexity index is 1160. The molecule has 2 aliphatic heterocycles. The van der Waals surface area contributed by atoms with Gasteiger partial charge < -0.3 is 9.64 Å². The predicted octanol–water partition coefficient (Wildman–Crippen LogP) is 4.71. The van der Waals surface area contributed by atoms with Crippen LogP contribution in [0.5, 0.6) is 0 Å². The molecule has 31 heavy (non-hydrogen) atoms. The Morgan fingerprint density at radius 1 is 1.06 bits per heavy atom. The molecule has 3 aromatic rings. The molecule has 0 N–H and O–H groups in total. The number of piperidine rings is 1. The molecule has 0 unspecified atom stereocenters. The first-order chi connectivity index (χ1) is 15.1. The number of carbonyl (C=O) groups is 2. The summed E-state index contributed by atoms with van der Waals surface area (Å²) in [6.07, 6.45) is 4.23. The van der Waals surface area contributed by atoms with Crippen molar-refractivity contribution in [1.82, 2.24) is 9.88 Å². The summed E-state index contributed by atoms with van der Waals surface area (Å²) in [4.78, 5) is 31.4. The number of rotatable bonds is 3. The van der Waals surface area contributed by atoms with Crippen LogP contribution in [0.15, 0.2) is 48.0 Å². The first kappa shape index (κ1) is 19.1. The summed E-state index contributed by atoms with van der Waals surface area (Å²) in [6.45, 7) is 1.46. The number of nitrogens with zero attached hydrogens (tertiary/aromatic N) is 2. The lowest BCUT2D eigenvalue weighted by atomic mass is 9.89. The molecule has 0 bridgehead atoms. The van der Waals surface area contributed by atoms with Gasteiger partial charge in [0.25, 0.3) is 5.91 Å². The van der Waals surface area contributed by atoms with Gasteiger partial charge in [0.05, 0.1) is 21.8 Å². The number of likely N-dealkylation sites (tertiary alicyclic amines) is 1. The van der Waals surface area contributed by atoms with Gasteiger partial charge in [0.2, 0.25) is 0 Å². The fourth-order valence-corrected chi connectivity index (χ4v) is 5.75. The Labute approximate surface area is 185 Å². The van der Waals surface area contributed by atoms with Crippen LogP contribution in [0.3, 0.4) is 0 Å². The van der Waals surface area contributed by atoms with Crippen molar-refractivity contribution in [1.29, 1.82) is 0 Å². The number of carbonyl (C=O) groups excluding carboxylic acids is 2. The molecular formula is C25H24N2O3S. The lowest BCUT2D eigenvalue weighted by Crippen LogP contribution is -2.41. The molecule has 2 aromatic carbocycles. The molecule has 158 valence electrons. The van der Waals surface area contributed by atoms with Gasteiger partial charge in [-0.25, -0.2) is 4.98 Å². The van der Waals surface area contributed by atoms with Crippen LogP contribution < -0.4 is 0 Å². The fraction of sp³-hybridized carbons (Fsp3) is 0.400. The van der Waals surface area contributed by atoms with Gasteiger partial charge in [-0.2, -0.15) is 0 Å². The van der Waals surface area contributed by atoms with E-state index in [0.29, 0.717) is 18.1 Å². The highest BCUT2D eigenvalue weighted by Crippen LogP contribution is 2.49. The van der Waals surface area contributed by atoms with Gasteiger partial charge in [-0.1, -0.05) is 18.2 Å². The zero-order valence-corrected chi connectivity index (χ0v) is 18.1. The van der Waals surface area contributed by atoms with Crippen LogP contribution in [0.2, 0.25) is 0 Å². The number of aromatic nitrogens is 1. The second-order valence-corrected chi connectivity index (χ2v) is 9.91. The van der Waals surface area contributed by atoms with Crippen LogP contribution in [-0.4, -0.2) is 46.4 Å². The zero-order valence-electron chi connectivity index (χ0n) is 17.3. The van der Waals surface area contributed by atoms with E-state index in [2.05, 4.69) is 17.1 Å². The van der Waals surface area contributed by atoms with E-state index in [4.69, 9.17) is 4.74 Å². The van der Waals surface area contributed by atoms with E-state index >= 15 is 0 Å². The highest BCUT2D eigenvalue weighted by molar-refractivity contribution is 7.16. The molecule has 6 heteroatoms. The fourth-order valence-electron chi connectivity index (χ4n) is 5.04. The molecular weight excluding hydrogens is 408 g/mol. The number of Topliss-reactive ketones (excluding diaryl/α,β-unsaturated/α-hetero) is 1. The molecule has 6 rings (SSSR count). The van der Waals surface area contributed by atoms with E-state index in [1.165, 1.54) is 4.70 Å². The second kappa shape index (κ2) is 7.24. The smallest absolute Gasteiger partial charge is 0.253 e. The van der Waals surface area contributed by atoms with E-state index in [0.717, 1.165) is 61.0 Å². The number of hydrogen-bond acceptors (Lipinski definition) is 5. The third-order valence-electron chi connectivity index (χ3n) is 7.12. The summed E-state index contributed by atoms with van der Waals surface area (Å²) in [5.74, 6) is 0.771. The van der Waals surface area contributed by atoms with Crippen molar-refractivity contribution < 1.29 is 14.3 Å². The Morgan fingerprint density at radius 2 is 1.81 bits per heavy atom. The third kappa shape index (κ3) is 3.38. The maximum Gasteiger partial charge on any atom is 0.253 e. The largest absolute Gasteiger partial charge is 0.363 e. The van der Waals surface area contributed by atoms with Crippen molar-refractivity contribution in [3.63, 3.8) is 0 Å². The van der Waals surface area contributed by atoms with E-state index in [1.807, 2.05) is 40.7 Å². The maximum atomic E-state index is 13.0. The predicted molar refractivity (Wildman–Crippen MR) is 120 cm³/mol. The molecule has 1 spiro atoms. The van der Waals surface area contributed by atoms with E-state index in [1.54, 1.807) is 11.3 Å². The third-order valence-corrected chi connectivity index (χ3v) is 7.92. The molecule has 2 saturated heterocycles. The van der Waals surface area contributed by atoms with Crippen molar-refractivity contribution in [3.05, 3.63) is 53.5 Å².